The molecule has 18 heavy (non-hydrogen) atoms. The third-order valence-corrected chi connectivity index (χ3v) is 3.51. The van der Waals surface area contributed by atoms with E-state index in [0.29, 0.717) is 18.2 Å². The summed E-state index contributed by atoms with van der Waals surface area (Å²) in [5.74, 6) is -0.871. The first kappa shape index (κ1) is 12.8. The summed E-state index contributed by atoms with van der Waals surface area (Å²) < 4.78 is 2.01. The van der Waals surface area contributed by atoms with Gasteiger partial charge >= 0.3 is 5.97 Å². The summed E-state index contributed by atoms with van der Waals surface area (Å²) in [4.78, 5) is 15.8. The third kappa shape index (κ3) is 3.41. The van der Waals surface area contributed by atoms with E-state index in [1.807, 2.05) is 10.8 Å². The Morgan fingerprint density at radius 2 is 2.50 bits per heavy atom. The van der Waals surface area contributed by atoms with Crippen molar-refractivity contribution in [3.05, 3.63) is 40.6 Å². The number of carboxylic acids is 1. The van der Waals surface area contributed by atoms with Crippen LogP contribution in [-0.2, 0) is 13.1 Å². The highest BCUT2D eigenvalue weighted by atomic mass is 32.1. The van der Waals surface area contributed by atoms with Crippen LogP contribution in [0.1, 0.15) is 22.2 Å². The van der Waals surface area contributed by atoms with Crippen LogP contribution >= 0.6 is 11.3 Å². The number of rotatable bonds is 6. The van der Waals surface area contributed by atoms with Crippen molar-refractivity contribution in [2.24, 2.45) is 0 Å². The van der Waals surface area contributed by atoms with E-state index >= 15 is 0 Å². The fourth-order valence-electron chi connectivity index (χ4n) is 1.64. The molecule has 2 aromatic rings. The van der Waals surface area contributed by atoms with Gasteiger partial charge in [-0.05, 0) is 13.0 Å². The van der Waals surface area contributed by atoms with Crippen LogP contribution in [0.5, 0.6) is 0 Å². The first-order valence-electron chi connectivity index (χ1n) is 5.65. The monoisotopic (exact) mass is 265 g/mol. The van der Waals surface area contributed by atoms with Gasteiger partial charge in [-0.3, -0.25) is 0 Å². The first-order valence-corrected chi connectivity index (χ1v) is 6.53. The molecule has 5 nitrogen and oxygen atoms in total. The van der Waals surface area contributed by atoms with E-state index in [2.05, 4.69) is 17.2 Å². The van der Waals surface area contributed by atoms with Gasteiger partial charge in [-0.2, -0.15) is 0 Å². The standard InChI is InChI=1S/C12H15N3O2S/c1-9(6-15-3-2-13-8-15)14-5-11-4-10(7-18-11)12(16)17/h2-4,7-9,14H,5-6H2,1H3,(H,16,17). The molecule has 2 aromatic heterocycles. The van der Waals surface area contributed by atoms with Gasteiger partial charge in [0.05, 0.1) is 11.9 Å². The zero-order valence-electron chi connectivity index (χ0n) is 10.0. The molecule has 6 heteroatoms. The van der Waals surface area contributed by atoms with Gasteiger partial charge in [0.1, 0.15) is 0 Å². The molecule has 0 aromatic carbocycles. The van der Waals surface area contributed by atoms with Crippen molar-refractivity contribution in [3.63, 3.8) is 0 Å². The van der Waals surface area contributed by atoms with Gasteiger partial charge in [-0.15, -0.1) is 11.3 Å². The summed E-state index contributed by atoms with van der Waals surface area (Å²) in [6, 6.07) is 2.01. The van der Waals surface area contributed by atoms with Crippen LogP contribution in [0.15, 0.2) is 30.2 Å². The van der Waals surface area contributed by atoms with Crippen molar-refractivity contribution in [2.75, 3.05) is 0 Å². The average Bonchev–Trinajstić information content (AvgIpc) is 2.96. The summed E-state index contributed by atoms with van der Waals surface area (Å²) in [6.45, 7) is 3.62. The molecule has 0 radical (unpaired) electrons. The fraction of sp³-hybridized carbons (Fsp3) is 0.333. The normalized spacial score (nSPS) is 12.5. The van der Waals surface area contributed by atoms with Crippen LogP contribution in [-0.4, -0.2) is 26.7 Å². The van der Waals surface area contributed by atoms with E-state index in [9.17, 15) is 4.79 Å². The molecular formula is C12H15N3O2S. The number of thiophene rings is 1. The Kier molecular flexibility index (Phi) is 4.11. The molecule has 2 N–H and O–H groups in total. The molecule has 0 aliphatic heterocycles. The predicted molar refractivity (Wildman–Crippen MR) is 69.8 cm³/mol. The first-order chi connectivity index (χ1) is 8.65. The van der Waals surface area contributed by atoms with Crippen molar-refractivity contribution in [2.45, 2.75) is 26.1 Å². The molecule has 0 aliphatic carbocycles. The lowest BCUT2D eigenvalue weighted by Gasteiger charge is -2.13. The maximum Gasteiger partial charge on any atom is 0.336 e. The molecule has 1 atom stereocenters. The van der Waals surface area contributed by atoms with E-state index < -0.39 is 5.97 Å². The minimum atomic E-state index is -0.871. The van der Waals surface area contributed by atoms with Gasteiger partial charge in [0, 0.05) is 41.8 Å². The number of hydrogen-bond acceptors (Lipinski definition) is 4. The molecule has 1 unspecified atom stereocenters. The summed E-state index contributed by atoms with van der Waals surface area (Å²) >= 11 is 1.47. The fourth-order valence-corrected chi connectivity index (χ4v) is 2.44. The molecule has 0 spiro atoms. The molecule has 0 aliphatic rings. The smallest absolute Gasteiger partial charge is 0.336 e. The summed E-state index contributed by atoms with van der Waals surface area (Å²) in [7, 11) is 0. The zero-order valence-corrected chi connectivity index (χ0v) is 10.9. The SMILES string of the molecule is CC(Cn1ccnc1)NCc1cc(C(=O)O)cs1. The Labute approximate surface area is 109 Å². The molecule has 0 fully saturated rings. The Morgan fingerprint density at radius 3 is 3.11 bits per heavy atom. The topological polar surface area (TPSA) is 67.2 Å². The quantitative estimate of drug-likeness (QED) is 0.836. The predicted octanol–water partition coefficient (Wildman–Crippen LogP) is 1.82. The summed E-state index contributed by atoms with van der Waals surface area (Å²) in [5, 5.41) is 13.8. The zero-order chi connectivity index (χ0) is 13.0. The lowest BCUT2D eigenvalue weighted by Crippen LogP contribution is -2.29. The van der Waals surface area contributed by atoms with Crippen LogP contribution in [0.4, 0.5) is 0 Å². The number of nitrogens with one attached hydrogen (secondary N) is 1. The summed E-state index contributed by atoms with van der Waals surface area (Å²) in [6.07, 6.45) is 5.46. The highest BCUT2D eigenvalue weighted by Crippen LogP contribution is 2.14. The van der Waals surface area contributed by atoms with Gasteiger partial charge in [0.25, 0.3) is 0 Å². The molecular weight excluding hydrogens is 250 g/mol. The lowest BCUT2D eigenvalue weighted by atomic mass is 10.3. The minimum Gasteiger partial charge on any atom is -0.478 e. The molecule has 0 saturated carbocycles. The van der Waals surface area contributed by atoms with Gasteiger partial charge in [0.15, 0.2) is 0 Å². The lowest BCUT2D eigenvalue weighted by molar-refractivity contribution is 0.0697. The summed E-state index contributed by atoms with van der Waals surface area (Å²) in [5.41, 5.74) is 0.360. The van der Waals surface area contributed by atoms with E-state index in [4.69, 9.17) is 5.11 Å². The highest BCUT2D eigenvalue weighted by molar-refractivity contribution is 7.10. The van der Waals surface area contributed by atoms with Gasteiger partial charge in [-0.1, -0.05) is 0 Å². The Bertz CT molecular complexity index is 507. The van der Waals surface area contributed by atoms with Crippen molar-refractivity contribution in [3.8, 4) is 0 Å². The van der Waals surface area contributed by atoms with Crippen LogP contribution < -0.4 is 5.32 Å². The second-order valence-electron chi connectivity index (χ2n) is 4.15. The number of aromatic carboxylic acids is 1. The number of aromatic nitrogens is 2. The second kappa shape index (κ2) is 5.79. The second-order valence-corrected chi connectivity index (χ2v) is 5.14. The van der Waals surface area contributed by atoms with Crippen molar-refractivity contribution in [1.82, 2.24) is 14.9 Å². The van der Waals surface area contributed by atoms with Crippen LogP contribution in [0.25, 0.3) is 0 Å². The molecule has 0 amide bonds. The molecule has 0 bridgehead atoms. The number of nitrogens with zero attached hydrogens (tertiary/aromatic N) is 2. The molecule has 2 rings (SSSR count). The van der Waals surface area contributed by atoms with E-state index in [1.165, 1.54) is 11.3 Å². The third-order valence-electron chi connectivity index (χ3n) is 2.57. The van der Waals surface area contributed by atoms with E-state index in [1.54, 1.807) is 24.0 Å². The van der Waals surface area contributed by atoms with Crippen LogP contribution in [0.3, 0.4) is 0 Å². The van der Waals surface area contributed by atoms with Crippen molar-refractivity contribution in [1.29, 1.82) is 0 Å². The van der Waals surface area contributed by atoms with E-state index in [-0.39, 0.29) is 0 Å². The molecule has 2 heterocycles. The number of imidazole rings is 1. The van der Waals surface area contributed by atoms with Gasteiger partial charge < -0.3 is 15.0 Å². The highest BCUT2D eigenvalue weighted by Gasteiger charge is 2.07. The van der Waals surface area contributed by atoms with Crippen LogP contribution in [0.2, 0.25) is 0 Å². The largest absolute Gasteiger partial charge is 0.478 e. The number of carboxylic acid groups (broad SMARTS) is 1. The number of carbonyl (C=O) groups is 1. The van der Waals surface area contributed by atoms with Gasteiger partial charge in [0.2, 0.25) is 0 Å². The van der Waals surface area contributed by atoms with E-state index in [0.717, 1.165) is 11.4 Å². The van der Waals surface area contributed by atoms with Gasteiger partial charge in [-0.25, -0.2) is 9.78 Å². The Hall–Kier alpha value is -1.66. The Morgan fingerprint density at radius 1 is 1.67 bits per heavy atom. The molecule has 96 valence electrons. The maximum atomic E-state index is 10.7. The minimum absolute atomic E-state index is 0.301. The molecule has 0 saturated heterocycles. The number of hydrogen-bond donors (Lipinski definition) is 2. The Balaban J connectivity index is 1.81. The van der Waals surface area contributed by atoms with Crippen LogP contribution in [0, 0.1) is 0 Å². The average molecular weight is 265 g/mol. The van der Waals surface area contributed by atoms with Crippen molar-refractivity contribution >= 4 is 17.3 Å². The van der Waals surface area contributed by atoms with Crippen molar-refractivity contribution < 1.29 is 9.90 Å². The maximum absolute atomic E-state index is 10.7.